The third kappa shape index (κ3) is 7.62. The second-order valence-corrected chi connectivity index (χ2v) is 6.35. The highest BCUT2D eigenvalue weighted by Crippen LogP contribution is 2.37. The number of thioether (sulfide) groups is 1. The van der Waals surface area contributed by atoms with Crippen molar-refractivity contribution in [1.82, 2.24) is 5.32 Å². The van der Waals surface area contributed by atoms with Crippen LogP contribution in [0.2, 0.25) is 0 Å². The fourth-order valence-electron chi connectivity index (χ4n) is 1.55. The van der Waals surface area contributed by atoms with Gasteiger partial charge in [0.15, 0.2) is 0 Å². The molecule has 0 aliphatic rings. The maximum absolute atomic E-state index is 12.3. The molecule has 1 aromatic carbocycles. The molecule has 24 heavy (non-hydrogen) atoms. The minimum Gasteiger partial charge on any atom is -0.358 e. The predicted octanol–water partition coefficient (Wildman–Crippen LogP) is 5.10. The summed E-state index contributed by atoms with van der Waals surface area (Å²) in [6, 6.07) is 5.88. The molecule has 8 heteroatoms. The molecule has 0 aliphatic heterocycles. The van der Waals surface area contributed by atoms with E-state index in [1.54, 1.807) is 25.1 Å². The Morgan fingerprint density at radius 2 is 2.04 bits per heavy atom. The Morgan fingerprint density at radius 1 is 1.42 bits per heavy atom. The van der Waals surface area contributed by atoms with Crippen molar-refractivity contribution in [1.29, 1.82) is 0 Å². The van der Waals surface area contributed by atoms with Crippen LogP contribution in [0.3, 0.4) is 0 Å². The Balaban J connectivity index is 2.83. The lowest BCUT2D eigenvalue weighted by molar-refractivity contribution is -0.0328. The Labute approximate surface area is 151 Å². The molecular weight excluding hydrogens is 403 g/mol. The first-order valence-corrected chi connectivity index (χ1v) is 8.23. The normalized spacial score (nSPS) is 12.9. The van der Waals surface area contributed by atoms with Gasteiger partial charge in [0.05, 0.1) is 11.0 Å². The number of hydrogen-bond donors (Lipinski definition) is 2. The van der Waals surface area contributed by atoms with E-state index in [1.165, 1.54) is 12.1 Å². The quantitative estimate of drug-likeness (QED) is 0.222. The summed E-state index contributed by atoms with van der Waals surface area (Å²) in [6.45, 7) is 5.65. The molecule has 0 atom stereocenters. The Bertz CT molecular complexity index is 673. The number of anilines is 1. The minimum atomic E-state index is -4.30. The molecule has 0 fully saturated rings. The summed E-state index contributed by atoms with van der Waals surface area (Å²) < 4.78 is 37.5. The van der Waals surface area contributed by atoms with E-state index >= 15 is 0 Å². The van der Waals surface area contributed by atoms with Crippen molar-refractivity contribution >= 4 is 39.2 Å². The van der Waals surface area contributed by atoms with E-state index in [0.29, 0.717) is 28.4 Å². The number of hydrogen-bond acceptors (Lipinski definition) is 3. The molecule has 3 nitrogen and oxygen atoms in total. The summed E-state index contributed by atoms with van der Waals surface area (Å²) in [5.74, 6) is 3.47. The SMILES string of the molecule is C#CCNC(/N=C(\C)Nc1ccc(SC(F)(F)F)cc1)=C(\Br)C=C. The van der Waals surface area contributed by atoms with Crippen LogP contribution in [-0.2, 0) is 0 Å². The number of halogens is 4. The van der Waals surface area contributed by atoms with Crippen LogP contribution in [0.25, 0.3) is 0 Å². The monoisotopic (exact) mass is 417 g/mol. The summed E-state index contributed by atoms with van der Waals surface area (Å²) in [4.78, 5) is 4.46. The number of nitrogens with one attached hydrogen (secondary N) is 2. The molecule has 128 valence electrons. The van der Waals surface area contributed by atoms with E-state index < -0.39 is 5.51 Å². The molecule has 0 saturated carbocycles. The molecule has 0 aliphatic carbocycles. The van der Waals surface area contributed by atoms with Gasteiger partial charge < -0.3 is 10.6 Å². The van der Waals surface area contributed by atoms with Crippen molar-refractivity contribution in [3.63, 3.8) is 0 Å². The maximum Gasteiger partial charge on any atom is 0.446 e. The van der Waals surface area contributed by atoms with Gasteiger partial charge in [-0.2, -0.15) is 13.2 Å². The molecule has 1 aromatic rings. The number of terminal acetylenes is 1. The smallest absolute Gasteiger partial charge is 0.358 e. The average molecular weight is 418 g/mol. The molecule has 0 spiro atoms. The Kier molecular flexibility index (Phi) is 7.95. The first-order chi connectivity index (χ1) is 11.2. The highest BCUT2D eigenvalue weighted by Gasteiger charge is 2.28. The average Bonchev–Trinajstić information content (AvgIpc) is 2.51. The van der Waals surface area contributed by atoms with Crippen molar-refractivity contribution in [2.24, 2.45) is 4.99 Å². The van der Waals surface area contributed by atoms with Crippen LogP contribution in [0.5, 0.6) is 0 Å². The van der Waals surface area contributed by atoms with Gasteiger partial charge in [0, 0.05) is 10.6 Å². The topological polar surface area (TPSA) is 36.4 Å². The zero-order valence-corrected chi connectivity index (χ0v) is 15.1. The summed E-state index contributed by atoms with van der Waals surface area (Å²) in [5, 5.41) is 5.94. The molecule has 0 aromatic heterocycles. The number of allylic oxidation sites excluding steroid dienone is 2. The molecule has 0 amide bonds. The number of rotatable bonds is 6. The third-order valence-corrected chi connectivity index (χ3v) is 3.89. The number of alkyl halides is 3. The van der Waals surface area contributed by atoms with E-state index in [4.69, 9.17) is 6.42 Å². The summed E-state index contributed by atoms with van der Waals surface area (Å²) in [5.41, 5.74) is -3.68. The number of amidine groups is 1. The van der Waals surface area contributed by atoms with Crippen LogP contribution < -0.4 is 10.6 Å². The van der Waals surface area contributed by atoms with Crippen LogP contribution in [-0.4, -0.2) is 17.9 Å². The van der Waals surface area contributed by atoms with Gasteiger partial charge in [-0.25, -0.2) is 4.99 Å². The minimum absolute atomic E-state index is 0.119. The molecule has 0 saturated heterocycles. The largest absolute Gasteiger partial charge is 0.446 e. The molecule has 0 bridgehead atoms. The van der Waals surface area contributed by atoms with Gasteiger partial charge in [-0.15, -0.1) is 6.42 Å². The van der Waals surface area contributed by atoms with Crippen LogP contribution in [0.15, 0.2) is 57.1 Å². The van der Waals surface area contributed by atoms with Crippen molar-refractivity contribution in [2.75, 3.05) is 11.9 Å². The lowest BCUT2D eigenvalue weighted by Gasteiger charge is -2.10. The van der Waals surface area contributed by atoms with Gasteiger partial charge in [0.2, 0.25) is 0 Å². The fourth-order valence-corrected chi connectivity index (χ4v) is 2.32. The van der Waals surface area contributed by atoms with E-state index in [9.17, 15) is 13.2 Å². The van der Waals surface area contributed by atoms with Crippen molar-refractivity contribution < 1.29 is 13.2 Å². The Hall–Kier alpha value is -1.85. The highest BCUT2D eigenvalue weighted by molar-refractivity contribution is 9.11. The van der Waals surface area contributed by atoms with Gasteiger partial charge >= 0.3 is 5.51 Å². The maximum atomic E-state index is 12.3. The van der Waals surface area contributed by atoms with E-state index in [0.717, 1.165) is 0 Å². The number of benzene rings is 1. The van der Waals surface area contributed by atoms with Gasteiger partial charge in [0.25, 0.3) is 0 Å². The van der Waals surface area contributed by atoms with Crippen LogP contribution in [0.1, 0.15) is 6.92 Å². The molecule has 0 heterocycles. The molecule has 1 rings (SSSR count). The first-order valence-electron chi connectivity index (χ1n) is 6.63. The van der Waals surface area contributed by atoms with Gasteiger partial charge in [-0.1, -0.05) is 18.6 Å². The van der Waals surface area contributed by atoms with E-state index in [-0.39, 0.29) is 16.7 Å². The van der Waals surface area contributed by atoms with Crippen molar-refractivity contribution in [3.05, 3.63) is 47.2 Å². The summed E-state index contributed by atoms with van der Waals surface area (Å²) >= 11 is 3.15. The first kappa shape index (κ1) is 20.2. The third-order valence-electron chi connectivity index (χ3n) is 2.46. The van der Waals surface area contributed by atoms with Gasteiger partial charge in [-0.05, 0) is 58.9 Å². The van der Waals surface area contributed by atoms with Crippen LogP contribution >= 0.6 is 27.7 Å². The zero-order valence-electron chi connectivity index (χ0n) is 12.7. The second kappa shape index (κ2) is 9.45. The highest BCUT2D eigenvalue weighted by atomic mass is 79.9. The fraction of sp³-hybridized carbons (Fsp3) is 0.188. The zero-order chi connectivity index (χ0) is 18.2. The molecule has 0 unspecified atom stereocenters. The van der Waals surface area contributed by atoms with Crippen LogP contribution in [0.4, 0.5) is 18.9 Å². The molecular formula is C16H15BrF3N3S. The number of aliphatic imine (C=N–C) groups is 1. The Morgan fingerprint density at radius 3 is 2.54 bits per heavy atom. The van der Waals surface area contributed by atoms with Crippen LogP contribution in [0, 0.1) is 12.3 Å². The van der Waals surface area contributed by atoms with Gasteiger partial charge in [0.1, 0.15) is 11.7 Å². The predicted molar refractivity (Wildman–Crippen MR) is 98.1 cm³/mol. The summed E-state index contributed by atoms with van der Waals surface area (Å²) in [7, 11) is 0. The summed E-state index contributed by atoms with van der Waals surface area (Å²) in [6.07, 6.45) is 6.78. The lowest BCUT2D eigenvalue weighted by Crippen LogP contribution is -2.16. The van der Waals surface area contributed by atoms with Crippen molar-refractivity contribution in [3.8, 4) is 12.3 Å². The van der Waals surface area contributed by atoms with Crippen molar-refractivity contribution in [2.45, 2.75) is 17.3 Å². The second-order valence-electron chi connectivity index (χ2n) is 4.35. The molecule has 2 N–H and O–H groups in total. The lowest BCUT2D eigenvalue weighted by atomic mass is 10.3. The number of nitrogens with zero attached hydrogens (tertiary/aromatic N) is 1. The van der Waals surface area contributed by atoms with Gasteiger partial charge in [-0.3, -0.25) is 0 Å². The molecule has 0 radical (unpaired) electrons. The van der Waals surface area contributed by atoms with E-state index in [2.05, 4.69) is 44.1 Å². The van der Waals surface area contributed by atoms with E-state index in [1.807, 2.05) is 0 Å². The standard InChI is InChI=1S/C16H15BrF3N3S/c1-4-10-21-15(14(17)5-2)23-11(3)22-12-6-8-13(9-7-12)24-16(18,19)20/h1,5-9,21H,2,10H2,3H3,(H,22,23)/b15-14+.